The second-order valence-electron chi connectivity index (χ2n) is 4.05. The molecule has 21 heavy (non-hydrogen) atoms. The molecule has 0 spiro atoms. The lowest BCUT2D eigenvalue weighted by atomic mass is 10.2. The molecule has 0 heterocycles. The van der Waals surface area contributed by atoms with Crippen LogP contribution in [0.15, 0.2) is 39.3 Å². The number of halogens is 4. The van der Waals surface area contributed by atoms with E-state index in [9.17, 15) is 9.18 Å². The molecule has 7 heteroatoms. The smallest absolute Gasteiger partial charge is 0.257 e. The molecule has 2 rings (SSSR count). The number of rotatable bonds is 3. The van der Waals surface area contributed by atoms with E-state index >= 15 is 0 Å². The lowest BCUT2D eigenvalue weighted by Gasteiger charge is -2.13. The third-order valence-corrected chi connectivity index (χ3v) is 4.13. The van der Waals surface area contributed by atoms with Gasteiger partial charge in [0.05, 0.1) is 22.8 Å². The minimum Gasteiger partial charge on any atom is -0.493 e. The van der Waals surface area contributed by atoms with Crippen LogP contribution in [0.3, 0.4) is 0 Å². The summed E-state index contributed by atoms with van der Waals surface area (Å²) >= 11 is 12.5. The Labute approximate surface area is 142 Å². The van der Waals surface area contributed by atoms with Crippen molar-refractivity contribution in [2.24, 2.45) is 0 Å². The average molecular weight is 437 g/mol. The summed E-state index contributed by atoms with van der Waals surface area (Å²) in [5.74, 6) is -0.545. The van der Waals surface area contributed by atoms with Crippen LogP contribution in [0, 0.1) is 5.82 Å². The SMILES string of the molecule is COc1c(Br)cc(Cl)cc1NC(=O)c1cc(F)ccc1Br. The molecule has 3 nitrogen and oxygen atoms in total. The molecule has 1 amide bonds. The van der Waals surface area contributed by atoms with Crippen molar-refractivity contribution in [2.45, 2.75) is 0 Å². The predicted molar refractivity (Wildman–Crippen MR) is 87.8 cm³/mol. The third-order valence-electron chi connectivity index (χ3n) is 2.63. The highest BCUT2D eigenvalue weighted by atomic mass is 79.9. The molecule has 0 bridgehead atoms. The largest absolute Gasteiger partial charge is 0.493 e. The van der Waals surface area contributed by atoms with Crippen molar-refractivity contribution in [3.05, 3.63) is 55.7 Å². The Morgan fingerprint density at radius 2 is 1.95 bits per heavy atom. The van der Waals surface area contributed by atoms with E-state index in [1.807, 2.05) is 0 Å². The van der Waals surface area contributed by atoms with Gasteiger partial charge in [0.15, 0.2) is 5.75 Å². The molecule has 2 aromatic carbocycles. The zero-order valence-corrected chi connectivity index (χ0v) is 14.6. The number of methoxy groups -OCH3 is 1. The van der Waals surface area contributed by atoms with Gasteiger partial charge in [-0.15, -0.1) is 0 Å². The Morgan fingerprint density at radius 1 is 1.24 bits per heavy atom. The van der Waals surface area contributed by atoms with Gasteiger partial charge in [0.25, 0.3) is 5.91 Å². The molecular weight excluding hydrogens is 428 g/mol. The van der Waals surface area contributed by atoms with Crippen LogP contribution in [0.1, 0.15) is 10.4 Å². The summed E-state index contributed by atoms with van der Waals surface area (Å²) in [5.41, 5.74) is 0.561. The second-order valence-corrected chi connectivity index (χ2v) is 6.19. The summed E-state index contributed by atoms with van der Waals surface area (Å²) in [6.45, 7) is 0. The molecule has 2 aromatic rings. The van der Waals surface area contributed by atoms with Gasteiger partial charge in [-0.2, -0.15) is 0 Å². The topological polar surface area (TPSA) is 38.3 Å². The Hall–Kier alpha value is -1.11. The summed E-state index contributed by atoms with van der Waals surface area (Å²) in [6.07, 6.45) is 0. The second kappa shape index (κ2) is 6.77. The normalized spacial score (nSPS) is 10.3. The predicted octanol–water partition coefficient (Wildman–Crippen LogP) is 5.27. The monoisotopic (exact) mass is 435 g/mol. The maximum absolute atomic E-state index is 13.3. The molecule has 0 aliphatic carbocycles. The fourth-order valence-corrected chi connectivity index (χ4v) is 3.12. The summed E-state index contributed by atoms with van der Waals surface area (Å²) in [5, 5.41) is 3.08. The van der Waals surface area contributed by atoms with Crippen molar-refractivity contribution in [1.82, 2.24) is 0 Å². The first-order valence-electron chi connectivity index (χ1n) is 5.72. The Balaban J connectivity index is 2.38. The van der Waals surface area contributed by atoms with E-state index in [0.29, 0.717) is 25.4 Å². The van der Waals surface area contributed by atoms with Crippen molar-refractivity contribution >= 4 is 55.1 Å². The lowest BCUT2D eigenvalue weighted by molar-refractivity contribution is 0.102. The van der Waals surface area contributed by atoms with Crippen LogP contribution in [0.25, 0.3) is 0 Å². The van der Waals surface area contributed by atoms with Crippen LogP contribution in [-0.4, -0.2) is 13.0 Å². The molecule has 0 aromatic heterocycles. The molecule has 0 aliphatic heterocycles. The maximum atomic E-state index is 13.3. The molecule has 0 saturated carbocycles. The lowest BCUT2D eigenvalue weighted by Crippen LogP contribution is -2.13. The number of carbonyl (C=O) groups excluding carboxylic acids is 1. The molecule has 0 atom stereocenters. The van der Waals surface area contributed by atoms with E-state index in [4.69, 9.17) is 16.3 Å². The first kappa shape index (κ1) is 16.3. The number of carbonyl (C=O) groups is 1. The molecule has 1 N–H and O–H groups in total. The van der Waals surface area contributed by atoms with Gasteiger partial charge in [-0.1, -0.05) is 11.6 Å². The van der Waals surface area contributed by atoms with Crippen LogP contribution >= 0.6 is 43.5 Å². The Bertz CT molecular complexity index is 710. The standard InChI is InChI=1S/C14H9Br2ClFNO2/c1-21-13-11(16)4-7(17)5-12(13)19-14(20)9-6-8(18)2-3-10(9)15/h2-6H,1H3,(H,19,20). The molecule has 0 saturated heterocycles. The summed E-state index contributed by atoms with van der Waals surface area (Å²) < 4.78 is 19.6. The summed E-state index contributed by atoms with van der Waals surface area (Å²) in [6, 6.07) is 7.07. The Morgan fingerprint density at radius 3 is 2.62 bits per heavy atom. The quantitative estimate of drug-likeness (QED) is 0.711. The minimum absolute atomic E-state index is 0.174. The summed E-state index contributed by atoms with van der Waals surface area (Å²) in [7, 11) is 1.47. The minimum atomic E-state index is -0.498. The number of hydrogen-bond donors (Lipinski definition) is 1. The summed E-state index contributed by atoms with van der Waals surface area (Å²) in [4.78, 5) is 12.3. The van der Waals surface area contributed by atoms with E-state index in [1.54, 1.807) is 12.1 Å². The van der Waals surface area contributed by atoms with Gasteiger partial charge in [0.1, 0.15) is 5.82 Å². The van der Waals surface area contributed by atoms with E-state index in [0.717, 1.165) is 6.07 Å². The molecule has 0 unspecified atom stereocenters. The zero-order valence-electron chi connectivity index (χ0n) is 10.7. The Kier molecular flexibility index (Phi) is 5.24. The number of nitrogens with one attached hydrogen (secondary N) is 1. The maximum Gasteiger partial charge on any atom is 0.257 e. The fraction of sp³-hybridized carbons (Fsp3) is 0.0714. The van der Waals surface area contributed by atoms with E-state index in [-0.39, 0.29) is 5.56 Å². The first-order valence-corrected chi connectivity index (χ1v) is 7.68. The van der Waals surface area contributed by atoms with Gasteiger partial charge < -0.3 is 10.1 Å². The van der Waals surface area contributed by atoms with E-state index < -0.39 is 11.7 Å². The van der Waals surface area contributed by atoms with Crippen LogP contribution in [-0.2, 0) is 0 Å². The van der Waals surface area contributed by atoms with Gasteiger partial charge >= 0.3 is 0 Å². The number of hydrogen-bond acceptors (Lipinski definition) is 2. The molecular formula is C14H9Br2ClFNO2. The van der Waals surface area contributed by atoms with Crippen LogP contribution in [0.2, 0.25) is 5.02 Å². The number of anilines is 1. The highest BCUT2D eigenvalue weighted by molar-refractivity contribution is 9.10. The van der Waals surface area contributed by atoms with Gasteiger partial charge in [-0.25, -0.2) is 4.39 Å². The van der Waals surface area contributed by atoms with Crippen molar-refractivity contribution in [2.75, 3.05) is 12.4 Å². The number of benzene rings is 2. The van der Waals surface area contributed by atoms with Crippen LogP contribution < -0.4 is 10.1 Å². The molecule has 0 aliphatic rings. The zero-order chi connectivity index (χ0) is 15.6. The highest BCUT2D eigenvalue weighted by Gasteiger charge is 2.16. The number of ether oxygens (including phenoxy) is 1. The van der Waals surface area contributed by atoms with Crippen LogP contribution in [0.4, 0.5) is 10.1 Å². The van der Waals surface area contributed by atoms with Gasteiger partial charge in [0, 0.05) is 9.50 Å². The van der Waals surface area contributed by atoms with Crippen LogP contribution in [0.5, 0.6) is 5.75 Å². The van der Waals surface area contributed by atoms with E-state index in [2.05, 4.69) is 37.2 Å². The molecule has 0 fully saturated rings. The van der Waals surface area contributed by atoms with Crippen molar-refractivity contribution < 1.29 is 13.9 Å². The highest BCUT2D eigenvalue weighted by Crippen LogP contribution is 2.36. The molecule has 0 radical (unpaired) electrons. The van der Waals surface area contributed by atoms with E-state index in [1.165, 1.54) is 19.2 Å². The molecule has 110 valence electrons. The fourth-order valence-electron chi connectivity index (χ4n) is 1.72. The van der Waals surface area contributed by atoms with Crippen molar-refractivity contribution in [3.63, 3.8) is 0 Å². The third kappa shape index (κ3) is 3.75. The van der Waals surface area contributed by atoms with Gasteiger partial charge in [-0.3, -0.25) is 4.79 Å². The first-order chi connectivity index (χ1) is 9.92. The number of amides is 1. The van der Waals surface area contributed by atoms with Crippen molar-refractivity contribution in [3.8, 4) is 5.75 Å². The van der Waals surface area contributed by atoms with Gasteiger partial charge in [-0.05, 0) is 62.2 Å². The van der Waals surface area contributed by atoms with Gasteiger partial charge in [0.2, 0.25) is 0 Å². The van der Waals surface area contributed by atoms with Crippen molar-refractivity contribution in [1.29, 1.82) is 0 Å². The average Bonchev–Trinajstić information content (AvgIpc) is 2.41.